The van der Waals surface area contributed by atoms with Gasteiger partial charge in [0.15, 0.2) is 5.69 Å². The zero-order chi connectivity index (χ0) is 15.0. The molecule has 0 radical (unpaired) electrons. The third-order valence-electron chi connectivity index (χ3n) is 2.89. The van der Waals surface area contributed by atoms with Crippen molar-refractivity contribution in [3.63, 3.8) is 0 Å². The predicted molar refractivity (Wildman–Crippen MR) is 70.7 cm³/mol. The number of nitrogens with zero attached hydrogens (tertiary/aromatic N) is 3. The van der Waals surface area contributed by atoms with Crippen LogP contribution in [0.25, 0.3) is 17.1 Å². The molecule has 0 saturated heterocycles. The van der Waals surface area contributed by atoms with Gasteiger partial charge in [0.1, 0.15) is 17.3 Å². The molecule has 106 valence electrons. The summed E-state index contributed by atoms with van der Waals surface area (Å²) < 4.78 is 19.4. The Bertz CT molecular complexity index is 805. The van der Waals surface area contributed by atoms with E-state index in [1.165, 1.54) is 35.0 Å². The van der Waals surface area contributed by atoms with E-state index in [0.717, 1.165) is 0 Å². The van der Waals surface area contributed by atoms with Gasteiger partial charge >= 0.3 is 5.97 Å². The van der Waals surface area contributed by atoms with E-state index >= 15 is 0 Å². The number of aromatic nitrogens is 3. The van der Waals surface area contributed by atoms with E-state index in [9.17, 15) is 9.18 Å². The summed E-state index contributed by atoms with van der Waals surface area (Å²) in [5.41, 5.74) is 1.31. The Morgan fingerprint density at radius 3 is 2.57 bits per heavy atom. The van der Waals surface area contributed by atoms with E-state index in [2.05, 4.69) is 10.3 Å². The summed E-state index contributed by atoms with van der Waals surface area (Å²) in [6.45, 7) is 1.73. The van der Waals surface area contributed by atoms with Gasteiger partial charge in [-0.05, 0) is 31.2 Å². The number of carbonyl (C=O) groups is 1. The summed E-state index contributed by atoms with van der Waals surface area (Å²) in [7, 11) is 0. The molecule has 6 nitrogen and oxygen atoms in total. The van der Waals surface area contributed by atoms with Crippen LogP contribution in [0, 0.1) is 12.7 Å². The Balaban J connectivity index is 2.18. The molecule has 0 aliphatic carbocycles. The van der Waals surface area contributed by atoms with Gasteiger partial charge in [-0.3, -0.25) is 0 Å². The van der Waals surface area contributed by atoms with Crippen LogP contribution < -0.4 is 0 Å². The topological polar surface area (TPSA) is 81.1 Å². The molecule has 2 aromatic heterocycles. The number of halogens is 1. The Labute approximate surface area is 118 Å². The number of rotatable bonds is 3. The number of hydrogen-bond acceptors (Lipinski definition) is 4. The van der Waals surface area contributed by atoms with Crippen LogP contribution >= 0.6 is 0 Å². The molecule has 0 spiro atoms. The summed E-state index contributed by atoms with van der Waals surface area (Å²) >= 11 is 0. The summed E-state index contributed by atoms with van der Waals surface area (Å²) in [5, 5.41) is 17.0. The molecule has 0 aliphatic heterocycles. The Hall–Kier alpha value is -2.96. The quantitative estimate of drug-likeness (QED) is 0.801. The molecule has 0 bridgehead atoms. The van der Waals surface area contributed by atoms with Gasteiger partial charge in [-0.2, -0.15) is 5.10 Å². The van der Waals surface area contributed by atoms with Gasteiger partial charge in [-0.25, -0.2) is 13.9 Å². The zero-order valence-corrected chi connectivity index (χ0v) is 10.9. The number of aryl methyl sites for hydroxylation is 1. The van der Waals surface area contributed by atoms with Gasteiger partial charge in [0.25, 0.3) is 0 Å². The molecule has 0 saturated carbocycles. The first-order valence-electron chi connectivity index (χ1n) is 6.07. The fourth-order valence-electron chi connectivity index (χ4n) is 1.93. The molecular formula is C14H10FN3O3. The van der Waals surface area contributed by atoms with Crippen molar-refractivity contribution in [2.75, 3.05) is 0 Å². The molecule has 0 fully saturated rings. The standard InChI is InChI=1S/C14H10FN3O3/c1-8-6-11(17-21-8)13-7-12(14(19)20)16-18(13)10-4-2-9(15)3-5-10/h2-7H,1H3,(H,19,20). The van der Waals surface area contributed by atoms with Crippen molar-refractivity contribution in [2.24, 2.45) is 0 Å². The summed E-state index contributed by atoms with van der Waals surface area (Å²) in [6.07, 6.45) is 0. The van der Waals surface area contributed by atoms with E-state index in [1.807, 2.05) is 0 Å². The van der Waals surface area contributed by atoms with Gasteiger partial charge < -0.3 is 9.63 Å². The lowest BCUT2D eigenvalue weighted by Gasteiger charge is -2.04. The van der Waals surface area contributed by atoms with Crippen molar-refractivity contribution in [2.45, 2.75) is 6.92 Å². The molecule has 0 aliphatic rings. The first-order valence-corrected chi connectivity index (χ1v) is 6.07. The van der Waals surface area contributed by atoms with Gasteiger partial charge in [0.2, 0.25) is 0 Å². The predicted octanol–water partition coefficient (Wildman–Crippen LogP) is 2.67. The maximum Gasteiger partial charge on any atom is 0.356 e. The van der Waals surface area contributed by atoms with E-state index in [0.29, 0.717) is 22.8 Å². The molecular weight excluding hydrogens is 277 g/mol. The monoisotopic (exact) mass is 287 g/mol. The van der Waals surface area contributed by atoms with Crippen molar-refractivity contribution < 1.29 is 18.8 Å². The lowest BCUT2D eigenvalue weighted by molar-refractivity contribution is 0.0690. The SMILES string of the molecule is Cc1cc(-c2cc(C(=O)O)nn2-c2ccc(F)cc2)no1. The number of aromatic carboxylic acids is 1. The minimum absolute atomic E-state index is 0.130. The van der Waals surface area contributed by atoms with Crippen molar-refractivity contribution in [3.05, 3.63) is 53.7 Å². The number of benzene rings is 1. The highest BCUT2D eigenvalue weighted by Crippen LogP contribution is 2.24. The third kappa shape index (κ3) is 2.40. The fourth-order valence-corrected chi connectivity index (χ4v) is 1.93. The highest BCUT2D eigenvalue weighted by Gasteiger charge is 2.18. The molecule has 1 N–H and O–H groups in total. The Kier molecular flexibility index (Phi) is 3.02. The lowest BCUT2D eigenvalue weighted by atomic mass is 10.2. The van der Waals surface area contributed by atoms with Crippen LogP contribution in [0.5, 0.6) is 0 Å². The van der Waals surface area contributed by atoms with E-state index in [1.54, 1.807) is 13.0 Å². The maximum absolute atomic E-state index is 13.0. The van der Waals surface area contributed by atoms with E-state index < -0.39 is 5.97 Å². The van der Waals surface area contributed by atoms with Gasteiger partial charge in [-0.1, -0.05) is 5.16 Å². The second-order valence-electron chi connectivity index (χ2n) is 4.43. The Morgan fingerprint density at radius 1 is 1.29 bits per heavy atom. The minimum atomic E-state index is -1.16. The minimum Gasteiger partial charge on any atom is -0.476 e. The summed E-state index contributed by atoms with van der Waals surface area (Å²) in [6, 6.07) is 8.62. The van der Waals surface area contributed by atoms with Crippen molar-refractivity contribution in [3.8, 4) is 17.1 Å². The molecule has 0 atom stereocenters. The van der Waals surface area contributed by atoms with Crippen LogP contribution in [0.3, 0.4) is 0 Å². The lowest BCUT2D eigenvalue weighted by Crippen LogP contribution is -2.02. The smallest absolute Gasteiger partial charge is 0.356 e. The van der Waals surface area contributed by atoms with Crippen LogP contribution in [0.2, 0.25) is 0 Å². The maximum atomic E-state index is 13.0. The molecule has 3 aromatic rings. The molecule has 0 amide bonds. The number of carboxylic acids is 1. The molecule has 3 rings (SSSR count). The van der Waals surface area contributed by atoms with E-state index in [4.69, 9.17) is 9.63 Å². The zero-order valence-electron chi connectivity index (χ0n) is 10.9. The Morgan fingerprint density at radius 2 is 2.00 bits per heavy atom. The van der Waals surface area contributed by atoms with Crippen molar-refractivity contribution in [1.82, 2.24) is 14.9 Å². The largest absolute Gasteiger partial charge is 0.476 e. The highest BCUT2D eigenvalue weighted by molar-refractivity contribution is 5.87. The average Bonchev–Trinajstić information content (AvgIpc) is 3.05. The first kappa shape index (κ1) is 13.0. The van der Waals surface area contributed by atoms with Crippen LogP contribution in [-0.2, 0) is 0 Å². The fraction of sp³-hybridized carbons (Fsp3) is 0.0714. The number of carboxylic acid groups (broad SMARTS) is 1. The highest BCUT2D eigenvalue weighted by atomic mass is 19.1. The molecule has 0 unspecified atom stereocenters. The van der Waals surface area contributed by atoms with Gasteiger partial charge in [-0.15, -0.1) is 0 Å². The van der Waals surface area contributed by atoms with Crippen molar-refractivity contribution >= 4 is 5.97 Å². The molecule has 21 heavy (non-hydrogen) atoms. The second-order valence-corrected chi connectivity index (χ2v) is 4.43. The average molecular weight is 287 g/mol. The molecule has 2 heterocycles. The van der Waals surface area contributed by atoms with Gasteiger partial charge in [0.05, 0.1) is 11.4 Å². The van der Waals surface area contributed by atoms with Crippen molar-refractivity contribution in [1.29, 1.82) is 0 Å². The normalized spacial score (nSPS) is 10.8. The van der Waals surface area contributed by atoms with Crippen LogP contribution in [0.4, 0.5) is 4.39 Å². The van der Waals surface area contributed by atoms with Crippen LogP contribution in [-0.4, -0.2) is 26.0 Å². The number of hydrogen-bond donors (Lipinski definition) is 1. The van der Waals surface area contributed by atoms with Crippen LogP contribution in [0.15, 0.2) is 40.9 Å². The third-order valence-corrected chi connectivity index (χ3v) is 2.89. The van der Waals surface area contributed by atoms with Gasteiger partial charge in [0, 0.05) is 12.1 Å². The van der Waals surface area contributed by atoms with E-state index in [-0.39, 0.29) is 11.5 Å². The summed E-state index contributed by atoms with van der Waals surface area (Å²) in [5.74, 6) is -0.950. The van der Waals surface area contributed by atoms with Crippen LogP contribution in [0.1, 0.15) is 16.2 Å². The first-order chi connectivity index (χ1) is 10.0. The second kappa shape index (κ2) is 4.86. The summed E-state index contributed by atoms with van der Waals surface area (Å²) in [4.78, 5) is 11.1. The molecule has 1 aromatic carbocycles. The molecule has 7 heteroatoms.